The van der Waals surface area contributed by atoms with E-state index in [9.17, 15) is 8.42 Å². The molecule has 0 bridgehead atoms. The van der Waals surface area contributed by atoms with Gasteiger partial charge in [0.15, 0.2) is 0 Å². The van der Waals surface area contributed by atoms with Crippen LogP contribution in [0.4, 0.5) is 5.69 Å². The summed E-state index contributed by atoms with van der Waals surface area (Å²) in [6.07, 6.45) is 3.01. The first kappa shape index (κ1) is 15.3. The summed E-state index contributed by atoms with van der Waals surface area (Å²) in [6, 6.07) is 3.15. The average molecular weight is 298 g/mol. The smallest absolute Gasteiger partial charge is 0.240 e. The van der Waals surface area contributed by atoms with Crippen LogP contribution in [0.3, 0.4) is 0 Å². The molecular formula is C14H22N2O3S. The highest BCUT2D eigenvalue weighted by Gasteiger charge is 2.20. The summed E-state index contributed by atoms with van der Waals surface area (Å²) in [7, 11) is -3.53. The van der Waals surface area contributed by atoms with Crippen molar-refractivity contribution in [2.45, 2.75) is 44.1 Å². The van der Waals surface area contributed by atoms with E-state index in [4.69, 9.17) is 10.5 Å². The fourth-order valence-corrected chi connectivity index (χ4v) is 3.45. The van der Waals surface area contributed by atoms with Crippen LogP contribution in [0.15, 0.2) is 17.0 Å². The fourth-order valence-electron chi connectivity index (χ4n) is 2.26. The Morgan fingerprint density at radius 1 is 1.35 bits per heavy atom. The van der Waals surface area contributed by atoms with Gasteiger partial charge in [-0.3, -0.25) is 0 Å². The second-order valence-electron chi connectivity index (χ2n) is 5.29. The Balaban J connectivity index is 2.10. The fraction of sp³-hybridized carbons (Fsp3) is 0.571. The third-order valence-corrected chi connectivity index (χ3v) is 5.17. The molecule has 1 aromatic carbocycles. The lowest BCUT2D eigenvalue weighted by molar-refractivity contribution is 0.0200. The maximum Gasteiger partial charge on any atom is 0.240 e. The summed E-state index contributed by atoms with van der Waals surface area (Å²) in [5.74, 6) is 0. The summed E-state index contributed by atoms with van der Waals surface area (Å²) in [5.41, 5.74) is 8.13. The van der Waals surface area contributed by atoms with E-state index in [0.717, 1.165) is 30.4 Å². The van der Waals surface area contributed by atoms with E-state index in [1.54, 1.807) is 6.07 Å². The molecule has 1 unspecified atom stereocenters. The third-order valence-electron chi connectivity index (χ3n) is 3.77. The lowest BCUT2D eigenvalue weighted by atomic mass is 10.1. The molecule has 1 fully saturated rings. The highest BCUT2D eigenvalue weighted by atomic mass is 32.2. The number of nitrogen functional groups attached to an aromatic ring is 1. The van der Waals surface area contributed by atoms with Gasteiger partial charge in [0.2, 0.25) is 10.0 Å². The van der Waals surface area contributed by atoms with Crippen molar-refractivity contribution in [3.8, 4) is 0 Å². The zero-order chi connectivity index (χ0) is 14.8. The number of rotatable bonds is 4. The Morgan fingerprint density at radius 3 is 2.70 bits per heavy atom. The molecule has 1 heterocycles. The van der Waals surface area contributed by atoms with Gasteiger partial charge in [-0.25, -0.2) is 13.1 Å². The van der Waals surface area contributed by atoms with Crippen LogP contribution in [-0.4, -0.2) is 27.7 Å². The molecule has 112 valence electrons. The van der Waals surface area contributed by atoms with Crippen molar-refractivity contribution in [2.75, 3.05) is 18.9 Å². The van der Waals surface area contributed by atoms with Gasteiger partial charge >= 0.3 is 0 Å². The second kappa shape index (κ2) is 6.11. The van der Waals surface area contributed by atoms with E-state index in [1.165, 1.54) is 6.07 Å². The van der Waals surface area contributed by atoms with Crippen molar-refractivity contribution in [3.63, 3.8) is 0 Å². The molecule has 0 aliphatic carbocycles. The van der Waals surface area contributed by atoms with E-state index >= 15 is 0 Å². The number of nitrogens with one attached hydrogen (secondary N) is 1. The normalized spacial score (nSPS) is 20.0. The molecule has 1 aliphatic heterocycles. The minimum atomic E-state index is -3.53. The Bertz CT molecular complexity index is 555. The van der Waals surface area contributed by atoms with Gasteiger partial charge in [0.1, 0.15) is 0 Å². The molecule has 1 aliphatic rings. The average Bonchev–Trinajstić information content (AvgIpc) is 2.43. The highest BCUT2D eigenvalue weighted by Crippen LogP contribution is 2.21. The Morgan fingerprint density at radius 2 is 2.10 bits per heavy atom. The molecule has 3 N–H and O–H groups in total. The van der Waals surface area contributed by atoms with Crippen LogP contribution < -0.4 is 10.5 Å². The van der Waals surface area contributed by atoms with Crippen molar-refractivity contribution >= 4 is 15.7 Å². The molecule has 0 spiro atoms. The van der Waals surface area contributed by atoms with Gasteiger partial charge in [0, 0.05) is 18.8 Å². The van der Waals surface area contributed by atoms with Crippen LogP contribution in [0.25, 0.3) is 0 Å². The zero-order valence-electron chi connectivity index (χ0n) is 12.0. The van der Waals surface area contributed by atoms with Gasteiger partial charge in [0.25, 0.3) is 0 Å². The zero-order valence-corrected chi connectivity index (χ0v) is 12.8. The number of anilines is 1. The molecule has 20 heavy (non-hydrogen) atoms. The van der Waals surface area contributed by atoms with Gasteiger partial charge in [-0.2, -0.15) is 0 Å². The van der Waals surface area contributed by atoms with Crippen molar-refractivity contribution in [1.82, 2.24) is 4.72 Å². The minimum Gasteiger partial charge on any atom is -0.398 e. The molecule has 1 aromatic rings. The molecule has 0 aromatic heterocycles. The first-order valence-corrected chi connectivity index (χ1v) is 8.36. The van der Waals surface area contributed by atoms with E-state index in [0.29, 0.717) is 18.8 Å². The summed E-state index contributed by atoms with van der Waals surface area (Å²) in [5, 5.41) is 0. The van der Waals surface area contributed by atoms with Crippen molar-refractivity contribution in [3.05, 3.63) is 23.3 Å². The van der Waals surface area contributed by atoms with E-state index < -0.39 is 10.0 Å². The third kappa shape index (κ3) is 3.50. The summed E-state index contributed by atoms with van der Waals surface area (Å²) < 4.78 is 32.7. The van der Waals surface area contributed by atoms with Crippen LogP contribution in [0, 0.1) is 13.8 Å². The number of hydrogen-bond donors (Lipinski definition) is 2. The number of nitrogens with two attached hydrogens (primary N) is 1. The lowest BCUT2D eigenvalue weighted by Crippen LogP contribution is -2.35. The highest BCUT2D eigenvalue weighted by molar-refractivity contribution is 7.89. The number of hydrogen-bond acceptors (Lipinski definition) is 4. The van der Waals surface area contributed by atoms with Crippen molar-refractivity contribution in [1.29, 1.82) is 0 Å². The number of sulfonamides is 1. The number of aryl methyl sites for hydroxylation is 1. The van der Waals surface area contributed by atoms with Gasteiger partial charge in [-0.05, 0) is 56.4 Å². The first-order chi connectivity index (χ1) is 9.40. The molecular weight excluding hydrogens is 276 g/mol. The van der Waals surface area contributed by atoms with Crippen molar-refractivity contribution in [2.24, 2.45) is 0 Å². The number of benzene rings is 1. The van der Waals surface area contributed by atoms with E-state index in [1.807, 2.05) is 13.8 Å². The quantitative estimate of drug-likeness (QED) is 0.830. The Hall–Kier alpha value is -1.11. The topological polar surface area (TPSA) is 81.4 Å². The van der Waals surface area contributed by atoms with Crippen molar-refractivity contribution < 1.29 is 13.2 Å². The van der Waals surface area contributed by atoms with Gasteiger partial charge in [-0.1, -0.05) is 0 Å². The minimum absolute atomic E-state index is 0.0255. The SMILES string of the molecule is Cc1cc(S(=O)(=O)NCC2CCCCO2)cc(N)c1C. The van der Waals surface area contributed by atoms with Gasteiger partial charge < -0.3 is 10.5 Å². The van der Waals surface area contributed by atoms with Crippen LogP contribution in [0.1, 0.15) is 30.4 Å². The van der Waals surface area contributed by atoms with Gasteiger partial charge in [-0.15, -0.1) is 0 Å². The van der Waals surface area contributed by atoms with E-state index in [-0.39, 0.29) is 11.0 Å². The predicted octanol–water partition coefficient (Wildman–Crippen LogP) is 1.73. The second-order valence-corrected chi connectivity index (χ2v) is 7.06. The van der Waals surface area contributed by atoms with Gasteiger partial charge in [0.05, 0.1) is 11.0 Å². The molecule has 0 radical (unpaired) electrons. The molecule has 5 nitrogen and oxygen atoms in total. The van der Waals surface area contributed by atoms with Crippen LogP contribution >= 0.6 is 0 Å². The lowest BCUT2D eigenvalue weighted by Gasteiger charge is -2.22. The maximum atomic E-state index is 12.3. The number of ether oxygens (including phenoxy) is 1. The summed E-state index contributed by atoms with van der Waals surface area (Å²) in [4.78, 5) is 0.217. The largest absolute Gasteiger partial charge is 0.398 e. The predicted molar refractivity (Wildman–Crippen MR) is 79.1 cm³/mol. The molecule has 6 heteroatoms. The Kier molecular flexibility index (Phi) is 4.67. The summed E-state index contributed by atoms with van der Waals surface area (Å²) in [6.45, 7) is 4.76. The molecule has 0 saturated carbocycles. The molecule has 1 atom stereocenters. The van der Waals surface area contributed by atoms with E-state index in [2.05, 4.69) is 4.72 Å². The molecule has 1 saturated heterocycles. The van der Waals surface area contributed by atoms with Crippen LogP contribution in [0.2, 0.25) is 0 Å². The standard InChI is InChI=1S/C14H22N2O3S/c1-10-7-13(8-14(15)11(10)2)20(17,18)16-9-12-5-3-4-6-19-12/h7-8,12,16H,3-6,9,15H2,1-2H3. The maximum absolute atomic E-state index is 12.3. The summed E-state index contributed by atoms with van der Waals surface area (Å²) >= 11 is 0. The van der Waals surface area contributed by atoms with Crippen LogP contribution in [-0.2, 0) is 14.8 Å². The first-order valence-electron chi connectivity index (χ1n) is 6.88. The molecule has 2 rings (SSSR count). The molecule has 0 amide bonds. The van der Waals surface area contributed by atoms with Crippen LogP contribution in [0.5, 0.6) is 0 Å². The Labute approximate surface area is 120 Å². The monoisotopic (exact) mass is 298 g/mol.